The van der Waals surface area contributed by atoms with Crippen LogP contribution in [-0.4, -0.2) is 42.0 Å². The fourth-order valence-electron chi connectivity index (χ4n) is 2.32. The fourth-order valence-corrected chi connectivity index (χ4v) is 2.48. The van der Waals surface area contributed by atoms with E-state index in [0.29, 0.717) is 40.7 Å². The maximum atomic E-state index is 12.4. The van der Waals surface area contributed by atoms with Crippen LogP contribution in [0, 0.1) is 0 Å². The number of methoxy groups -OCH3 is 1. The van der Waals surface area contributed by atoms with E-state index in [2.05, 4.69) is 10.3 Å². The first kappa shape index (κ1) is 18.7. The Labute approximate surface area is 151 Å². The molecule has 0 saturated heterocycles. The van der Waals surface area contributed by atoms with Gasteiger partial charge in [-0.05, 0) is 44.2 Å². The highest BCUT2D eigenvalue weighted by Gasteiger charge is 2.15. The second-order valence-corrected chi connectivity index (χ2v) is 5.63. The van der Waals surface area contributed by atoms with Crippen LogP contribution in [0.15, 0.2) is 36.5 Å². The average Bonchev–Trinajstić information content (AvgIpc) is 2.64. The molecule has 0 radical (unpaired) electrons. The molecule has 2 aromatic rings. The summed E-state index contributed by atoms with van der Waals surface area (Å²) in [5.74, 6) is -0.588. The summed E-state index contributed by atoms with van der Waals surface area (Å²) < 4.78 is 4.71. The van der Waals surface area contributed by atoms with Crippen molar-refractivity contribution in [1.29, 1.82) is 0 Å². The summed E-state index contributed by atoms with van der Waals surface area (Å²) in [6.45, 7) is 5.06. The molecule has 1 amide bonds. The highest BCUT2D eigenvalue weighted by atomic mass is 35.5. The molecular weight excluding hydrogens is 342 g/mol. The lowest BCUT2D eigenvalue weighted by atomic mass is 10.2. The molecule has 1 aromatic heterocycles. The number of nitrogens with one attached hydrogen (secondary N) is 1. The molecule has 1 heterocycles. The van der Waals surface area contributed by atoms with E-state index >= 15 is 0 Å². The van der Waals surface area contributed by atoms with Gasteiger partial charge in [-0.15, -0.1) is 0 Å². The molecular formula is C18H20ClN3O3. The second-order valence-electron chi connectivity index (χ2n) is 5.22. The van der Waals surface area contributed by atoms with Crippen LogP contribution in [0.1, 0.15) is 34.7 Å². The number of aromatic nitrogens is 1. The van der Waals surface area contributed by atoms with E-state index in [4.69, 9.17) is 16.3 Å². The van der Waals surface area contributed by atoms with Gasteiger partial charge in [-0.2, -0.15) is 0 Å². The Hall–Kier alpha value is -2.60. The van der Waals surface area contributed by atoms with Crippen molar-refractivity contribution in [2.45, 2.75) is 13.8 Å². The molecule has 0 saturated carbocycles. The molecule has 7 heteroatoms. The molecule has 0 spiro atoms. The molecule has 0 aliphatic carbocycles. The fraction of sp³-hybridized carbons (Fsp3) is 0.278. The Morgan fingerprint density at radius 3 is 2.56 bits per heavy atom. The molecule has 0 aliphatic rings. The van der Waals surface area contributed by atoms with Gasteiger partial charge in [-0.3, -0.25) is 9.78 Å². The first-order chi connectivity index (χ1) is 12.0. The number of amides is 1. The van der Waals surface area contributed by atoms with Crippen molar-refractivity contribution in [3.05, 3.63) is 52.8 Å². The van der Waals surface area contributed by atoms with Crippen LogP contribution in [0.4, 0.5) is 11.4 Å². The lowest BCUT2D eigenvalue weighted by Gasteiger charge is -2.18. The highest BCUT2D eigenvalue weighted by molar-refractivity contribution is 6.33. The Morgan fingerprint density at radius 1 is 1.20 bits per heavy atom. The first-order valence-electron chi connectivity index (χ1n) is 7.90. The largest absolute Gasteiger partial charge is 0.465 e. The van der Waals surface area contributed by atoms with Gasteiger partial charge in [-0.25, -0.2) is 4.79 Å². The number of halogens is 1. The molecule has 132 valence electrons. The van der Waals surface area contributed by atoms with E-state index < -0.39 is 5.97 Å². The molecule has 2 rings (SSSR count). The summed E-state index contributed by atoms with van der Waals surface area (Å²) >= 11 is 6.19. The van der Waals surface area contributed by atoms with Crippen LogP contribution in [0.25, 0.3) is 0 Å². The van der Waals surface area contributed by atoms with Crippen molar-refractivity contribution >= 4 is 34.9 Å². The second kappa shape index (κ2) is 8.48. The van der Waals surface area contributed by atoms with Crippen molar-refractivity contribution in [2.24, 2.45) is 0 Å². The number of pyridine rings is 1. The van der Waals surface area contributed by atoms with Crippen LogP contribution in [-0.2, 0) is 4.74 Å². The summed E-state index contributed by atoms with van der Waals surface area (Å²) in [7, 11) is 1.32. The number of anilines is 2. The number of rotatable bonds is 6. The van der Waals surface area contributed by atoms with E-state index in [9.17, 15) is 9.59 Å². The molecule has 6 nitrogen and oxygen atoms in total. The summed E-state index contributed by atoms with van der Waals surface area (Å²) in [6.07, 6.45) is 1.55. The van der Waals surface area contributed by atoms with E-state index in [1.807, 2.05) is 13.8 Å². The monoisotopic (exact) mass is 361 g/mol. The van der Waals surface area contributed by atoms with E-state index in [-0.39, 0.29) is 5.91 Å². The summed E-state index contributed by atoms with van der Waals surface area (Å²) in [5, 5.41) is 3.56. The average molecular weight is 362 g/mol. The third-order valence-corrected chi connectivity index (χ3v) is 4.03. The standard InChI is InChI=1S/C18H20ClN3O3/c1-4-22(5-2)17(23)16-11-13(8-9-20-16)21-15-10-12(18(24)25-3)6-7-14(15)19/h6-11H,4-5H2,1-3H3,(H,20,21). The van der Waals surface area contributed by atoms with Crippen LogP contribution >= 0.6 is 11.6 Å². The number of benzene rings is 1. The lowest BCUT2D eigenvalue weighted by Crippen LogP contribution is -2.31. The Balaban J connectivity index is 2.28. The predicted molar refractivity (Wildman–Crippen MR) is 97.6 cm³/mol. The minimum absolute atomic E-state index is 0.136. The Bertz CT molecular complexity index is 776. The van der Waals surface area contributed by atoms with Crippen LogP contribution in [0.2, 0.25) is 5.02 Å². The third kappa shape index (κ3) is 4.48. The van der Waals surface area contributed by atoms with Gasteiger partial charge in [0.25, 0.3) is 5.91 Å². The van der Waals surface area contributed by atoms with Crippen molar-refractivity contribution in [2.75, 3.05) is 25.5 Å². The van der Waals surface area contributed by atoms with Crippen LogP contribution in [0.5, 0.6) is 0 Å². The van der Waals surface area contributed by atoms with Gasteiger partial charge in [-0.1, -0.05) is 11.6 Å². The minimum Gasteiger partial charge on any atom is -0.465 e. The zero-order valence-electron chi connectivity index (χ0n) is 14.4. The third-order valence-electron chi connectivity index (χ3n) is 3.70. The lowest BCUT2D eigenvalue weighted by molar-refractivity contribution is 0.0600. The maximum absolute atomic E-state index is 12.4. The number of hydrogen-bond donors (Lipinski definition) is 1. The van der Waals surface area contributed by atoms with E-state index in [1.54, 1.807) is 41.4 Å². The molecule has 0 unspecified atom stereocenters. The minimum atomic E-state index is -0.452. The van der Waals surface area contributed by atoms with Crippen molar-refractivity contribution in [3.8, 4) is 0 Å². The van der Waals surface area contributed by atoms with Gasteiger partial charge >= 0.3 is 5.97 Å². The highest BCUT2D eigenvalue weighted by Crippen LogP contribution is 2.27. The molecule has 0 fully saturated rings. The summed E-state index contributed by atoms with van der Waals surface area (Å²) in [5.41, 5.74) is 1.91. The van der Waals surface area contributed by atoms with Gasteiger partial charge in [0, 0.05) is 25.0 Å². The number of nitrogens with zero attached hydrogens (tertiary/aromatic N) is 2. The van der Waals surface area contributed by atoms with Gasteiger partial charge in [0.2, 0.25) is 0 Å². The molecule has 1 N–H and O–H groups in total. The Kier molecular flexibility index (Phi) is 6.36. The van der Waals surface area contributed by atoms with Crippen molar-refractivity contribution in [3.63, 3.8) is 0 Å². The van der Waals surface area contributed by atoms with E-state index in [0.717, 1.165) is 0 Å². The normalized spacial score (nSPS) is 10.2. The van der Waals surface area contributed by atoms with Crippen LogP contribution in [0.3, 0.4) is 0 Å². The van der Waals surface area contributed by atoms with Crippen molar-refractivity contribution in [1.82, 2.24) is 9.88 Å². The number of carbonyl (C=O) groups is 2. The zero-order valence-corrected chi connectivity index (χ0v) is 15.1. The molecule has 1 aromatic carbocycles. The van der Waals surface area contributed by atoms with Gasteiger partial charge in [0.1, 0.15) is 5.69 Å². The molecule has 25 heavy (non-hydrogen) atoms. The van der Waals surface area contributed by atoms with Gasteiger partial charge in [0.05, 0.1) is 23.4 Å². The summed E-state index contributed by atoms with van der Waals surface area (Å²) in [4.78, 5) is 29.9. The first-order valence-corrected chi connectivity index (χ1v) is 8.28. The van der Waals surface area contributed by atoms with E-state index in [1.165, 1.54) is 7.11 Å². The number of ether oxygens (including phenoxy) is 1. The smallest absolute Gasteiger partial charge is 0.337 e. The molecule has 0 atom stereocenters. The van der Waals surface area contributed by atoms with Crippen LogP contribution < -0.4 is 5.32 Å². The van der Waals surface area contributed by atoms with Gasteiger partial charge in [0.15, 0.2) is 0 Å². The number of carbonyl (C=O) groups excluding carboxylic acids is 2. The number of hydrogen-bond acceptors (Lipinski definition) is 5. The zero-order chi connectivity index (χ0) is 18.4. The topological polar surface area (TPSA) is 71.5 Å². The summed E-state index contributed by atoms with van der Waals surface area (Å²) in [6, 6.07) is 8.17. The predicted octanol–water partition coefficient (Wildman–Crippen LogP) is 3.75. The molecule has 0 bridgehead atoms. The van der Waals surface area contributed by atoms with Crippen molar-refractivity contribution < 1.29 is 14.3 Å². The SMILES string of the molecule is CCN(CC)C(=O)c1cc(Nc2cc(C(=O)OC)ccc2Cl)ccn1. The Morgan fingerprint density at radius 2 is 1.92 bits per heavy atom. The number of esters is 1. The quantitative estimate of drug-likeness (QED) is 0.793. The van der Waals surface area contributed by atoms with Gasteiger partial charge < -0.3 is 15.0 Å². The maximum Gasteiger partial charge on any atom is 0.337 e. The molecule has 0 aliphatic heterocycles.